The molecule has 0 spiro atoms. The van der Waals surface area contributed by atoms with E-state index in [9.17, 15) is 14.7 Å². The van der Waals surface area contributed by atoms with Crippen molar-refractivity contribution in [3.05, 3.63) is 29.8 Å². The van der Waals surface area contributed by atoms with Gasteiger partial charge in [-0.2, -0.15) is 5.10 Å². The second-order valence-corrected chi connectivity index (χ2v) is 11.1. The number of nitrogens with one attached hydrogen (secondary N) is 1. The lowest BCUT2D eigenvalue weighted by Gasteiger charge is -2.35. The minimum absolute atomic E-state index is 0.112. The van der Waals surface area contributed by atoms with Gasteiger partial charge in [0.15, 0.2) is 0 Å². The third-order valence-electron chi connectivity index (χ3n) is 6.57. The molecular weight excluding hydrogens is 422 g/mol. The number of likely N-dealkylation sites (tertiary alicyclic amines) is 1. The standard InChI is InChI=1S/C23H35N7O3/c1-22(2,3)19(30-13-17(26-27-30)14-7-8-14)21(33)29-12-16(31)9-18(29)20(32)25-23(4,5)15-10-24-28(6)11-15/h10-11,13-14,16,18-19,31H,7-9,12H2,1-6H3,(H,25,32)/t16-,18+,19-/m1/s1. The number of nitrogens with zero attached hydrogens (tertiary/aromatic N) is 6. The number of aliphatic hydroxyl groups excluding tert-OH is 1. The topological polar surface area (TPSA) is 118 Å². The average Bonchev–Trinajstić information content (AvgIpc) is 3.08. The number of rotatable bonds is 6. The summed E-state index contributed by atoms with van der Waals surface area (Å²) < 4.78 is 3.32. The Hall–Kier alpha value is -2.75. The molecule has 2 aromatic rings. The van der Waals surface area contributed by atoms with Gasteiger partial charge in [-0.3, -0.25) is 14.3 Å². The minimum Gasteiger partial charge on any atom is -0.391 e. The van der Waals surface area contributed by atoms with E-state index in [0.29, 0.717) is 5.92 Å². The summed E-state index contributed by atoms with van der Waals surface area (Å²) in [6.45, 7) is 9.82. The summed E-state index contributed by atoms with van der Waals surface area (Å²) in [5.41, 5.74) is 0.626. The zero-order valence-corrected chi connectivity index (χ0v) is 20.3. The van der Waals surface area contributed by atoms with Crippen LogP contribution in [0.2, 0.25) is 0 Å². The first-order valence-electron chi connectivity index (χ1n) is 11.6. The van der Waals surface area contributed by atoms with Crippen molar-refractivity contribution in [1.82, 2.24) is 35.0 Å². The third-order valence-corrected chi connectivity index (χ3v) is 6.57. The van der Waals surface area contributed by atoms with Gasteiger partial charge < -0.3 is 15.3 Å². The minimum atomic E-state index is -0.764. The second kappa shape index (κ2) is 8.23. The highest BCUT2D eigenvalue weighted by molar-refractivity contribution is 5.90. The van der Waals surface area contributed by atoms with Crippen LogP contribution in [0.15, 0.2) is 18.6 Å². The highest BCUT2D eigenvalue weighted by Gasteiger charge is 2.46. The predicted octanol–water partition coefficient (Wildman–Crippen LogP) is 1.49. The van der Waals surface area contributed by atoms with E-state index in [1.54, 1.807) is 15.6 Å². The van der Waals surface area contributed by atoms with Gasteiger partial charge >= 0.3 is 0 Å². The van der Waals surface area contributed by atoms with Gasteiger partial charge in [-0.1, -0.05) is 26.0 Å². The quantitative estimate of drug-likeness (QED) is 0.679. The first-order chi connectivity index (χ1) is 15.4. The van der Waals surface area contributed by atoms with Crippen molar-refractivity contribution >= 4 is 11.8 Å². The van der Waals surface area contributed by atoms with Gasteiger partial charge in [0.05, 0.1) is 23.5 Å². The normalized spacial score (nSPS) is 22.5. The van der Waals surface area contributed by atoms with Gasteiger partial charge in [-0.25, -0.2) is 4.68 Å². The maximum Gasteiger partial charge on any atom is 0.248 e. The van der Waals surface area contributed by atoms with E-state index < -0.39 is 29.1 Å². The van der Waals surface area contributed by atoms with Gasteiger partial charge in [0, 0.05) is 43.9 Å². The zero-order valence-electron chi connectivity index (χ0n) is 20.3. The Balaban J connectivity index is 1.57. The number of carbonyl (C=O) groups excluding carboxylic acids is 2. The third kappa shape index (κ3) is 4.80. The summed E-state index contributed by atoms with van der Waals surface area (Å²) in [5, 5.41) is 26.2. The summed E-state index contributed by atoms with van der Waals surface area (Å²) in [6, 6.07) is -1.40. The molecule has 3 atom stereocenters. The van der Waals surface area contributed by atoms with Crippen LogP contribution in [-0.4, -0.2) is 65.3 Å². The van der Waals surface area contributed by atoms with Crippen LogP contribution in [0.1, 0.15) is 77.1 Å². The van der Waals surface area contributed by atoms with E-state index in [1.807, 2.05) is 54.1 Å². The fourth-order valence-corrected chi connectivity index (χ4v) is 4.53. The fraction of sp³-hybridized carbons (Fsp3) is 0.696. The first kappa shape index (κ1) is 23.4. The maximum atomic E-state index is 13.8. The van der Waals surface area contributed by atoms with Crippen molar-refractivity contribution < 1.29 is 14.7 Å². The molecule has 0 unspecified atom stereocenters. The first-order valence-corrected chi connectivity index (χ1v) is 11.6. The van der Waals surface area contributed by atoms with E-state index in [0.717, 1.165) is 24.1 Å². The molecule has 2 fully saturated rings. The van der Waals surface area contributed by atoms with Crippen molar-refractivity contribution in [2.45, 2.75) is 83.5 Å². The maximum absolute atomic E-state index is 13.8. The fourth-order valence-electron chi connectivity index (χ4n) is 4.53. The van der Waals surface area contributed by atoms with Crippen molar-refractivity contribution in [3.63, 3.8) is 0 Å². The van der Waals surface area contributed by atoms with Crippen LogP contribution in [0, 0.1) is 5.41 Å². The monoisotopic (exact) mass is 457 g/mol. The molecule has 0 bridgehead atoms. The molecule has 2 aromatic heterocycles. The highest BCUT2D eigenvalue weighted by atomic mass is 16.3. The van der Waals surface area contributed by atoms with Gasteiger partial charge in [0.1, 0.15) is 12.1 Å². The van der Waals surface area contributed by atoms with E-state index in [-0.39, 0.29) is 24.8 Å². The Bertz CT molecular complexity index is 1030. The summed E-state index contributed by atoms with van der Waals surface area (Å²) >= 11 is 0. The molecular formula is C23H35N7O3. The summed E-state index contributed by atoms with van der Waals surface area (Å²) in [7, 11) is 1.82. The number of hydrogen-bond acceptors (Lipinski definition) is 6. The molecule has 2 N–H and O–H groups in total. The molecule has 2 amide bonds. The molecule has 4 rings (SSSR count). The molecule has 2 aliphatic rings. The SMILES string of the molecule is Cn1cc(C(C)(C)NC(=O)[C@@H]2C[C@@H](O)CN2C(=O)[C@@H](n2cc(C3CC3)nn2)C(C)(C)C)cn1. The second-order valence-electron chi connectivity index (χ2n) is 11.1. The Kier molecular flexibility index (Phi) is 5.84. The predicted molar refractivity (Wildman–Crippen MR) is 121 cm³/mol. The lowest BCUT2D eigenvalue weighted by atomic mass is 9.85. The van der Waals surface area contributed by atoms with Crippen molar-refractivity contribution in [2.24, 2.45) is 12.5 Å². The Morgan fingerprint density at radius 1 is 1.18 bits per heavy atom. The molecule has 10 nitrogen and oxygen atoms in total. The Morgan fingerprint density at radius 2 is 1.88 bits per heavy atom. The van der Waals surface area contributed by atoms with Crippen LogP contribution in [0.4, 0.5) is 0 Å². The highest BCUT2D eigenvalue weighted by Crippen LogP contribution is 2.40. The van der Waals surface area contributed by atoms with Crippen LogP contribution in [0.5, 0.6) is 0 Å². The smallest absolute Gasteiger partial charge is 0.248 e. The number of aromatic nitrogens is 5. The Morgan fingerprint density at radius 3 is 2.45 bits per heavy atom. The van der Waals surface area contributed by atoms with Crippen LogP contribution in [-0.2, 0) is 22.2 Å². The summed E-state index contributed by atoms with van der Waals surface area (Å²) in [5.74, 6) is -0.0967. The number of hydrogen-bond donors (Lipinski definition) is 2. The number of aliphatic hydroxyl groups is 1. The van der Waals surface area contributed by atoms with Gasteiger partial charge in [-0.05, 0) is 32.1 Å². The molecule has 1 saturated heterocycles. The summed E-state index contributed by atoms with van der Waals surface area (Å²) in [6.07, 6.45) is 7.06. The molecule has 1 aliphatic heterocycles. The Labute approximate surface area is 194 Å². The molecule has 0 radical (unpaired) electrons. The summed E-state index contributed by atoms with van der Waals surface area (Å²) in [4.78, 5) is 28.7. The van der Waals surface area contributed by atoms with E-state index >= 15 is 0 Å². The van der Waals surface area contributed by atoms with Crippen molar-refractivity contribution in [3.8, 4) is 0 Å². The molecule has 0 aromatic carbocycles. The van der Waals surface area contributed by atoms with Crippen molar-refractivity contribution in [1.29, 1.82) is 0 Å². The molecule has 1 aliphatic carbocycles. The van der Waals surface area contributed by atoms with E-state index in [1.165, 1.54) is 4.90 Å². The van der Waals surface area contributed by atoms with Gasteiger partial charge in [-0.15, -0.1) is 5.10 Å². The van der Waals surface area contributed by atoms with Crippen LogP contribution in [0.25, 0.3) is 0 Å². The molecule has 1 saturated carbocycles. The molecule has 10 heteroatoms. The van der Waals surface area contributed by atoms with Gasteiger partial charge in [0.2, 0.25) is 11.8 Å². The van der Waals surface area contributed by atoms with Crippen LogP contribution >= 0.6 is 0 Å². The number of amides is 2. The largest absolute Gasteiger partial charge is 0.391 e. The molecule has 3 heterocycles. The number of carbonyl (C=O) groups is 2. The lowest BCUT2D eigenvalue weighted by Crippen LogP contribution is -2.53. The van der Waals surface area contributed by atoms with E-state index in [4.69, 9.17) is 0 Å². The van der Waals surface area contributed by atoms with Crippen molar-refractivity contribution in [2.75, 3.05) is 6.54 Å². The van der Waals surface area contributed by atoms with Crippen LogP contribution in [0.3, 0.4) is 0 Å². The molecule has 33 heavy (non-hydrogen) atoms. The zero-order chi connectivity index (χ0) is 24.1. The lowest BCUT2D eigenvalue weighted by molar-refractivity contribution is -0.144. The number of aryl methyl sites for hydroxylation is 1. The molecule has 180 valence electrons. The van der Waals surface area contributed by atoms with E-state index in [2.05, 4.69) is 20.7 Å². The van der Waals surface area contributed by atoms with Crippen LogP contribution < -0.4 is 5.32 Å². The average molecular weight is 458 g/mol. The van der Waals surface area contributed by atoms with Gasteiger partial charge in [0.25, 0.3) is 0 Å². The number of β-amino-alcohol motifs (C(OH)–C–C–N with tert-alkyl or cyclic N) is 1.